The minimum atomic E-state index is -5.54. The summed E-state index contributed by atoms with van der Waals surface area (Å²) < 4.78 is 35.4. The maximum absolute atomic E-state index is 12.6. The van der Waals surface area contributed by atoms with Crippen LogP contribution < -0.4 is 15.5 Å². The van der Waals surface area contributed by atoms with Gasteiger partial charge >= 0.3 is 7.60 Å². The smallest absolute Gasteiger partial charge is 0.367 e. The minimum Gasteiger partial charge on any atom is -0.655 e. The first-order valence-electron chi connectivity index (χ1n) is 7.39. The maximum atomic E-state index is 12.6. The third-order valence-electron chi connectivity index (χ3n) is 3.79. The Morgan fingerprint density at radius 2 is 2.07 bits per heavy atom. The lowest BCUT2D eigenvalue weighted by molar-refractivity contribution is -0.321. The van der Waals surface area contributed by atoms with E-state index < -0.39 is 52.7 Å². The number of aliphatic hydroxyl groups excluding tert-OH is 2. The van der Waals surface area contributed by atoms with Crippen molar-refractivity contribution in [3.8, 4) is 0 Å². The van der Waals surface area contributed by atoms with Crippen LogP contribution in [-0.2, 0) is 13.8 Å². The summed E-state index contributed by atoms with van der Waals surface area (Å²) in [6.07, 6.45) is -3.17. The molecule has 0 aliphatic carbocycles. The van der Waals surface area contributed by atoms with Crippen LogP contribution in [-0.4, -0.2) is 65.4 Å². The number of aliphatic hydroxyl groups is 2. The molecule has 0 spiro atoms. The summed E-state index contributed by atoms with van der Waals surface area (Å²) in [7, 11) is -10.4. The van der Waals surface area contributed by atoms with Crippen LogP contribution in [0.2, 0.25) is 0 Å². The summed E-state index contributed by atoms with van der Waals surface area (Å²) in [6.45, 7) is -0.772. The van der Waals surface area contributed by atoms with Gasteiger partial charge in [0.15, 0.2) is 23.6 Å². The van der Waals surface area contributed by atoms with Crippen molar-refractivity contribution in [1.82, 2.24) is 19.5 Å². The molecule has 5 N–H and O–H groups in total. The molecule has 5 atom stereocenters. The van der Waals surface area contributed by atoms with Gasteiger partial charge in [0, 0.05) is 0 Å². The van der Waals surface area contributed by atoms with Crippen LogP contribution >= 0.6 is 15.6 Å². The number of hydrogen-bond donors (Lipinski definition) is 4. The summed E-state index contributed by atoms with van der Waals surface area (Å²) in [6, 6.07) is 0. The Morgan fingerprint density at radius 3 is 2.74 bits per heavy atom. The second-order valence-corrected chi connectivity index (χ2v) is 9.64. The number of nitrogens with two attached hydrogens (primary N) is 1. The fraction of sp³-hybridized carbons (Fsp3) is 0.545. The molecular formula is C11H15FN5O8P2-. The summed E-state index contributed by atoms with van der Waals surface area (Å²) in [5.74, 6) is -1.63. The number of fused-ring (bicyclic) bond motifs is 1. The Morgan fingerprint density at radius 1 is 1.37 bits per heavy atom. The van der Waals surface area contributed by atoms with E-state index in [1.165, 1.54) is 10.9 Å². The van der Waals surface area contributed by atoms with Crippen molar-refractivity contribution in [1.29, 1.82) is 0 Å². The molecule has 3 heterocycles. The lowest BCUT2D eigenvalue weighted by Gasteiger charge is -2.26. The second kappa shape index (κ2) is 7.24. The molecule has 0 radical (unpaired) electrons. The minimum absolute atomic E-state index is 0.0844. The summed E-state index contributed by atoms with van der Waals surface area (Å²) >= 11 is 0. The van der Waals surface area contributed by atoms with Gasteiger partial charge in [-0.3, -0.25) is 9.13 Å². The van der Waals surface area contributed by atoms with E-state index >= 15 is 0 Å². The highest BCUT2D eigenvalue weighted by molar-refractivity contribution is 7.72. The van der Waals surface area contributed by atoms with Crippen molar-refractivity contribution in [2.45, 2.75) is 24.5 Å². The zero-order valence-electron chi connectivity index (χ0n) is 13.4. The van der Waals surface area contributed by atoms with Gasteiger partial charge in [-0.05, 0) is 0 Å². The second-order valence-electron chi connectivity index (χ2n) is 5.79. The number of nitrogen functional groups attached to an aromatic ring is 1. The quantitative estimate of drug-likeness (QED) is 0.357. The Balaban J connectivity index is 1.74. The third-order valence-corrected chi connectivity index (χ3v) is 7.12. The SMILES string of the molecule is Nc1ncnc2c1ncn2[C@@H]1O[C@H](COP(=O)(O)C[P+]([O-])([O-])F)[C@@H](O)[C@H]1O. The molecular weight excluding hydrogens is 411 g/mol. The van der Waals surface area contributed by atoms with Crippen LogP contribution in [0.1, 0.15) is 6.23 Å². The predicted octanol–water partition coefficient (Wildman–Crippen LogP) is -2.36. The first-order chi connectivity index (χ1) is 12.5. The molecule has 1 saturated heterocycles. The molecule has 1 aliphatic rings. The highest BCUT2D eigenvalue weighted by atomic mass is 31.3. The van der Waals surface area contributed by atoms with Gasteiger partial charge < -0.3 is 39.9 Å². The van der Waals surface area contributed by atoms with Crippen LogP contribution in [0.15, 0.2) is 12.7 Å². The van der Waals surface area contributed by atoms with Crippen molar-refractivity contribution < 1.29 is 42.9 Å². The Labute approximate surface area is 151 Å². The standard InChI is InChI=1S/C11H16FN5O8P2/c12-26(20,21)4-27(22,23)24-1-5-7(18)8(19)11(25-5)17-3-16-6-9(13)14-2-15-10(6)17/h2-3,5,7-8,11,18-19H,1,4H2,(H,20,21)(H,22,23)(H2,13,14,15)/p-1/t5-,7-,8-,11-/m1/s1. The van der Waals surface area contributed by atoms with E-state index in [1.54, 1.807) is 0 Å². The molecule has 16 heteroatoms. The molecule has 2 aromatic heterocycles. The van der Waals surface area contributed by atoms with Crippen molar-refractivity contribution >= 4 is 32.6 Å². The van der Waals surface area contributed by atoms with Crippen molar-refractivity contribution in [3.05, 3.63) is 12.7 Å². The van der Waals surface area contributed by atoms with Crippen LogP contribution in [0, 0.1) is 0 Å². The zero-order chi connectivity index (χ0) is 20.0. The van der Waals surface area contributed by atoms with E-state index in [0.717, 1.165) is 6.33 Å². The number of imidazole rings is 1. The van der Waals surface area contributed by atoms with Gasteiger partial charge in [-0.1, -0.05) is 4.20 Å². The highest BCUT2D eigenvalue weighted by Gasteiger charge is 2.45. The lowest BCUT2D eigenvalue weighted by Crippen LogP contribution is -2.33. The summed E-state index contributed by atoms with van der Waals surface area (Å²) in [5.41, 5.74) is 6.11. The van der Waals surface area contributed by atoms with Gasteiger partial charge in [0.25, 0.3) is 0 Å². The number of nitrogens with zero attached hydrogens (tertiary/aromatic N) is 4. The molecule has 150 valence electrons. The molecule has 1 fully saturated rings. The number of aromatic nitrogens is 4. The number of ether oxygens (including phenoxy) is 1. The Kier molecular flexibility index (Phi) is 5.47. The number of anilines is 1. The van der Waals surface area contributed by atoms with E-state index in [-0.39, 0.29) is 17.0 Å². The van der Waals surface area contributed by atoms with Gasteiger partial charge in [0.1, 0.15) is 38.2 Å². The van der Waals surface area contributed by atoms with Gasteiger partial charge in [0.2, 0.25) is 0 Å². The molecule has 0 bridgehead atoms. The normalized spacial score (nSPS) is 28.5. The van der Waals surface area contributed by atoms with E-state index in [9.17, 15) is 33.7 Å². The first kappa shape index (κ1) is 20.4. The fourth-order valence-corrected chi connectivity index (χ4v) is 5.01. The van der Waals surface area contributed by atoms with Gasteiger partial charge in [0.05, 0.1) is 12.9 Å². The predicted molar refractivity (Wildman–Crippen MR) is 84.3 cm³/mol. The largest absolute Gasteiger partial charge is 0.655 e. The van der Waals surface area contributed by atoms with Crippen LogP contribution in [0.4, 0.5) is 10.0 Å². The van der Waals surface area contributed by atoms with E-state index in [0.29, 0.717) is 0 Å². The monoisotopic (exact) mass is 426 g/mol. The van der Waals surface area contributed by atoms with Crippen molar-refractivity contribution in [3.63, 3.8) is 0 Å². The van der Waals surface area contributed by atoms with E-state index in [2.05, 4.69) is 19.5 Å². The average Bonchev–Trinajstić information content (AvgIpc) is 3.07. The molecule has 3 rings (SSSR count). The molecule has 2 aromatic rings. The van der Waals surface area contributed by atoms with Gasteiger partial charge in [-0.2, -0.15) is 0 Å². The molecule has 1 aliphatic heterocycles. The average molecular weight is 426 g/mol. The first-order valence-corrected chi connectivity index (χ1v) is 10.9. The Bertz CT molecular complexity index is 878. The highest BCUT2D eigenvalue weighted by Crippen LogP contribution is 2.58. The topological polar surface area (TPSA) is 212 Å². The molecule has 0 aromatic carbocycles. The molecule has 13 nitrogen and oxygen atoms in total. The molecule has 0 saturated carbocycles. The lowest BCUT2D eigenvalue weighted by atomic mass is 10.1. The number of halogens is 1. The van der Waals surface area contributed by atoms with E-state index in [4.69, 9.17) is 10.5 Å². The molecule has 0 amide bonds. The third kappa shape index (κ3) is 4.40. The van der Waals surface area contributed by atoms with Crippen LogP contribution in [0.3, 0.4) is 0 Å². The van der Waals surface area contributed by atoms with Crippen LogP contribution in [0.25, 0.3) is 11.2 Å². The zero-order valence-corrected chi connectivity index (χ0v) is 15.2. The number of rotatable bonds is 6. The fourth-order valence-electron chi connectivity index (χ4n) is 2.60. The molecule has 27 heavy (non-hydrogen) atoms. The molecule has 1 unspecified atom stereocenters. The van der Waals surface area contributed by atoms with Crippen LogP contribution in [0.5, 0.6) is 0 Å². The number of hydrogen-bond acceptors (Lipinski definition) is 11. The maximum Gasteiger partial charge on any atom is 0.367 e. The summed E-state index contributed by atoms with van der Waals surface area (Å²) in [4.78, 5) is 42.1. The van der Waals surface area contributed by atoms with Crippen molar-refractivity contribution in [2.24, 2.45) is 0 Å². The Hall–Kier alpha value is -1.34. The summed E-state index contributed by atoms with van der Waals surface area (Å²) in [5, 5.41) is 20.3. The van der Waals surface area contributed by atoms with Crippen molar-refractivity contribution in [2.75, 3.05) is 18.2 Å². The van der Waals surface area contributed by atoms with Gasteiger partial charge in [-0.25, -0.2) is 15.0 Å². The van der Waals surface area contributed by atoms with Gasteiger partial charge in [-0.15, -0.1) is 0 Å². The van der Waals surface area contributed by atoms with E-state index in [1.807, 2.05) is 0 Å².